The first-order valence-corrected chi connectivity index (χ1v) is 6.65. The Bertz CT molecular complexity index is 445. The molecule has 1 aromatic carbocycles. The number of benzene rings is 1. The maximum absolute atomic E-state index is 11.0. The summed E-state index contributed by atoms with van der Waals surface area (Å²) in [7, 11) is 0. The summed E-state index contributed by atoms with van der Waals surface area (Å²) in [4.78, 5) is 13.4. The molecule has 1 saturated heterocycles. The first-order chi connectivity index (χ1) is 9.20. The van der Waals surface area contributed by atoms with Crippen LogP contribution in [-0.4, -0.2) is 37.0 Å². The quantitative estimate of drug-likeness (QED) is 0.833. The highest BCUT2D eigenvalue weighted by molar-refractivity contribution is 5.88. The van der Waals surface area contributed by atoms with E-state index in [1.165, 1.54) is 12.5 Å². The molecule has 1 aromatic rings. The number of piperazine rings is 1. The predicted molar refractivity (Wildman–Crippen MR) is 92.6 cm³/mol. The number of anilines is 1. The smallest absolute Gasteiger partial charge is 0.221 e. The van der Waals surface area contributed by atoms with Gasteiger partial charge >= 0.3 is 0 Å². The fourth-order valence-electron chi connectivity index (χ4n) is 2.42. The fourth-order valence-corrected chi connectivity index (χ4v) is 2.42. The first kappa shape index (κ1) is 19.9. The Morgan fingerprint density at radius 1 is 1.29 bits per heavy atom. The van der Waals surface area contributed by atoms with Crippen LogP contribution in [0.3, 0.4) is 0 Å². The van der Waals surface area contributed by atoms with Crippen LogP contribution in [0.4, 0.5) is 5.69 Å². The zero-order valence-corrected chi connectivity index (χ0v) is 13.8. The lowest BCUT2D eigenvalue weighted by molar-refractivity contribution is -0.114. The van der Waals surface area contributed by atoms with Crippen LogP contribution in [0.5, 0.6) is 0 Å². The molecule has 1 amide bonds. The molecular weight excluding hydrogens is 309 g/mol. The monoisotopic (exact) mass is 331 g/mol. The third kappa shape index (κ3) is 5.67. The van der Waals surface area contributed by atoms with Crippen molar-refractivity contribution >= 4 is 36.4 Å². The first-order valence-electron chi connectivity index (χ1n) is 6.65. The second-order valence-corrected chi connectivity index (χ2v) is 4.77. The average molecular weight is 332 g/mol. The summed E-state index contributed by atoms with van der Waals surface area (Å²) in [6.45, 7) is 9.57. The van der Waals surface area contributed by atoms with E-state index >= 15 is 0 Å². The SMILES string of the molecule is C=C[C@@H](c1ccc(NC(C)=O)cc1)N1CCNCC1.Cl.Cl. The molecule has 0 radical (unpaired) electrons. The second-order valence-electron chi connectivity index (χ2n) is 4.77. The van der Waals surface area contributed by atoms with Crippen LogP contribution >= 0.6 is 24.8 Å². The van der Waals surface area contributed by atoms with Gasteiger partial charge in [-0.25, -0.2) is 0 Å². The van der Waals surface area contributed by atoms with E-state index in [-0.39, 0.29) is 36.8 Å². The van der Waals surface area contributed by atoms with Crippen LogP contribution in [0, 0.1) is 0 Å². The minimum atomic E-state index is -0.0462. The van der Waals surface area contributed by atoms with Gasteiger partial charge in [-0.1, -0.05) is 18.2 Å². The molecule has 1 heterocycles. The topological polar surface area (TPSA) is 44.4 Å². The van der Waals surface area contributed by atoms with Crippen molar-refractivity contribution in [2.75, 3.05) is 31.5 Å². The minimum Gasteiger partial charge on any atom is -0.326 e. The molecule has 2 rings (SSSR count). The van der Waals surface area contributed by atoms with Gasteiger partial charge in [-0.05, 0) is 17.7 Å². The highest BCUT2D eigenvalue weighted by Crippen LogP contribution is 2.23. The van der Waals surface area contributed by atoms with Crippen LogP contribution in [0.15, 0.2) is 36.9 Å². The molecule has 2 N–H and O–H groups in total. The normalized spacial score (nSPS) is 16.0. The van der Waals surface area contributed by atoms with Crippen molar-refractivity contribution in [3.63, 3.8) is 0 Å². The average Bonchev–Trinajstić information content (AvgIpc) is 2.42. The number of carbonyl (C=O) groups excluding carboxylic acids is 1. The summed E-state index contributed by atoms with van der Waals surface area (Å²) < 4.78 is 0. The van der Waals surface area contributed by atoms with E-state index in [2.05, 4.69) is 34.2 Å². The van der Waals surface area contributed by atoms with Gasteiger partial charge in [0.15, 0.2) is 0 Å². The molecular formula is C15H23Cl2N3O. The van der Waals surface area contributed by atoms with Crippen molar-refractivity contribution in [2.45, 2.75) is 13.0 Å². The number of rotatable bonds is 4. The lowest BCUT2D eigenvalue weighted by Crippen LogP contribution is -2.44. The van der Waals surface area contributed by atoms with Crippen LogP contribution in [0.1, 0.15) is 18.5 Å². The van der Waals surface area contributed by atoms with Gasteiger partial charge in [0.2, 0.25) is 5.91 Å². The number of nitrogens with one attached hydrogen (secondary N) is 2. The third-order valence-electron chi connectivity index (χ3n) is 3.34. The largest absolute Gasteiger partial charge is 0.326 e. The van der Waals surface area contributed by atoms with Gasteiger partial charge < -0.3 is 10.6 Å². The Labute approximate surface area is 138 Å². The van der Waals surface area contributed by atoms with Crippen LogP contribution < -0.4 is 10.6 Å². The lowest BCUT2D eigenvalue weighted by Gasteiger charge is -2.33. The summed E-state index contributed by atoms with van der Waals surface area (Å²) in [5.74, 6) is -0.0462. The van der Waals surface area contributed by atoms with E-state index in [9.17, 15) is 4.79 Å². The molecule has 0 aliphatic carbocycles. The molecule has 4 nitrogen and oxygen atoms in total. The van der Waals surface area contributed by atoms with Gasteiger partial charge in [0.1, 0.15) is 0 Å². The van der Waals surface area contributed by atoms with Gasteiger partial charge in [0.05, 0.1) is 6.04 Å². The second kappa shape index (κ2) is 9.79. The van der Waals surface area contributed by atoms with Gasteiger partial charge in [0.25, 0.3) is 0 Å². The van der Waals surface area contributed by atoms with Gasteiger partial charge in [-0.2, -0.15) is 0 Å². The van der Waals surface area contributed by atoms with Crippen molar-refractivity contribution in [3.8, 4) is 0 Å². The molecule has 0 bridgehead atoms. The van der Waals surface area contributed by atoms with E-state index in [1.54, 1.807) is 0 Å². The Morgan fingerprint density at radius 2 is 1.86 bits per heavy atom. The van der Waals surface area contributed by atoms with Gasteiger partial charge in [-0.3, -0.25) is 9.69 Å². The third-order valence-corrected chi connectivity index (χ3v) is 3.34. The summed E-state index contributed by atoms with van der Waals surface area (Å²) in [5.41, 5.74) is 2.05. The fraction of sp³-hybridized carbons (Fsp3) is 0.400. The van der Waals surface area contributed by atoms with Gasteiger partial charge in [-0.15, -0.1) is 31.4 Å². The maximum Gasteiger partial charge on any atom is 0.221 e. The Morgan fingerprint density at radius 3 is 2.33 bits per heavy atom. The van der Waals surface area contributed by atoms with Crippen molar-refractivity contribution in [2.24, 2.45) is 0 Å². The van der Waals surface area contributed by atoms with Gasteiger partial charge in [0, 0.05) is 38.8 Å². The number of halogens is 2. The molecule has 0 aromatic heterocycles. The molecule has 0 unspecified atom stereocenters. The lowest BCUT2D eigenvalue weighted by atomic mass is 10.0. The van der Waals surface area contributed by atoms with E-state index in [0.717, 1.165) is 31.9 Å². The van der Waals surface area contributed by atoms with E-state index in [4.69, 9.17) is 0 Å². The molecule has 21 heavy (non-hydrogen) atoms. The standard InChI is InChI=1S/C15H21N3O.2ClH/c1-3-15(18-10-8-16-9-11-18)13-4-6-14(7-5-13)17-12(2)19;;/h3-7,15-16H,1,8-11H2,2H3,(H,17,19);2*1H/t15-;;/m0../s1. The number of carbonyl (C=O) groups is 1. The predicted octanol–water partition coefficient (Wildman–Crippen LogP) is 2.62. The zero-order valence-electron chi connectivity index (χ0n) is 12.2. The summed E-state index contributed by atoms with van der Waals surface area (Å²) in [6, 6.07) is 8.23. The van der Waals surface area contributed by atoms with Crippen molar-refractivity contribution in [3.05, 3.63) is 42.5 Å². The summed E-state index contributed by atoms with van der Waals surface area (Å²) in [5, 5.41) is 6.13. The Balaban J connectivity index is 0.00000200. The molecule has 118 valence electrons. The molecule has 6 heteroatoms. The van der Waals surface area contributed by atoms with Crippen LogP contribution in [0.2, 0.25) is 0 Å². The van der Waals surface area contributed by atoms with E-state index in [0.29, 0.717) is 0 Å². The number of amides is 1. The molecule has 1 aliphatic heterocycles. The molecule has 0 saturated carbocycles. The Kier molecular flexibility index (Phi) is 9.29. The van der Waals surface area contributed by atoms with Crippen LogP contribution in [-0.2, 0) is 4.79 Å². The summed E-state index contributed by atoms with van der Waals surface area (Å²) >= 11 is 0. The maximum atomic E-state index is 11.0. The van der Waals surface area contributed by atoms with Crippen molar-refractivity contribution in [1.29, 1.82) is 0 Å². The van der Waals surface area contributed by atoms with Crippen molar-refractivity contribution < 1.29 is 4.79 Å². The molecule has 0 spiro atoms. The van der Waals surface area contributed by atoms with Crippen LogP contribution in [0.25, 0.3) is 0 Å². The van der Waals surface area contributed by atoms with E-state index in [1.807, 2.05) is 18.2 Å². The molecule has 1 aliphatic rings. The van der Waals surface area contributed by atoms with Crippen molar-refractivity contribution in [1.82, 2.24) is 10.2 Å². The Hall–Kier alpha value is -1.07. The number of hydrogen-bond acceptors (Lipinski definition) is 3. The molecule has 1 atom stereocenters. The highest BCUT2D eigenvalue weighted by atomic mass is 35.5. The molecule has 1 fully saturated rings. The highest BCUT2D eigenvalue weighted by Gasteiger charge is 2.19. The minimum absolute atomic E-state index is 0. The van der Waals surface area contributed by atoms with E-state index < -0.39 is 0 Å². The zero-order chi connectivity index (χ0) is 13.7. The number of nitrogens with zero attached hydrogens (tertiary/aromatic N) is 1. The summed E-state index contributed by atoms with van der Waals surface area (Å²) in [6.07, 6.45) is 1.98. The number of hydrogen-bond donors (Lipinski definition) is 2.